The van der Waals surface area contributed by atoms with Gasteiger partial charge in [0.1, 0.15) is 0 Å². The fourth-order valence-corrected chi connectivity index (χ4v) is 8.22. The lowest BCUT2D eigenvalue weighted by atomic mass is 9.51. The minimum Gasteiger partial charge on any atom is -0.375 e. The van der Waals surface area contributed by atoms with Gasteiger partial charge < -0.3 is 9.64 Å². The standard InChI is InChI=1S/C25H35NO/c1-24-12-9-21-20-8-6-19(26-14-2-3-15-26)17-18(20)5-7-22(21)23(24)10-13-25(24)11-4-16-27-25/h4-5,11,17,20-23H,2-3,6-10,12-16H2,1H3/t20?,21?,22?,23?,24-,25?/m0/s1. The van der Waals surface area contributed by atoms with Crippen LogP contribution in [0, 0.1) is 29.1 Å². The van der Waals surface area contributed by atoms with Crippen LogP contribution in [0.3, 0.4) is 0 Å². The largest absolute Gasteiger partial charge is 0.375 e. The Balaban J connectivity index is 1.28. The zero-order valence-electron chi connectivity index (χ0n) is 17.0. The van der Waals surface area contributed by atoms with E-state index in [4.69, 9.17) is 4.74 Å². The highest BCUT2D eigenvalue weighted by Gasteiger charge is 2.62. The van der Waals surface area contributed by atoms with Gasteiger partial charge in [-0.05, 0) is 93.1 Å². The third-order valence-corrected chi connectivity index (χ3v) is 9.63. The van der Waals surface area contributed by atoms with Gasteiger partial charge in [-0.2, -0.15) is 0 Å². The van der Waals surface area contributed by atoms with Crippen molar-refractivity contribution in [3.8, 4) is 0 Å². The van der Waals surface area contributed by atoms with Crippen LogP contribution in [0.4, 0.5) is 0 Å². The molecule has 0 aromatic carbocycles. The molecule has 1 saturated heterocycles. The number of hydrogen-bond donors (Lipinski definition) is 0. The van der Waals surface area contributed by atoms with Gasteiger partial charge in [0, 0.05) is 24.2 Å². The van der Waals surface area contributed by atoms with E-state index in [0.29, 0.717) is 5.41 Å². The fourth-order valence-electron chi connectivity index (χ4n) is 8.22. The van der Waals surface area contributed by atoms with Gasteiger partial charge in [0.15, 0.2) is 0 Å². The zero-order chi connectivity index (χ0) is 18.1. The monoisotopic (exact) mass is 365 g/mol. The molecule has 0 radical (unpaired) electrons. The second kappa shape index (κ2) is 5.99. The van der Waals surface area contributed by atoms with Gasteiger partial charge >= 0.3 is 0 Å². The van der Waals surface area contributed by atoms with Gasteiger partial charge in [0.2, 0.25) is 0 Å². The Kier molecular flexibility index (Phi) is 3.75. The first-order chi connectivity index (χ1) is 13.2. The van der Waals surface area contributed by atoms with Crippen LogP contribution in [0.2, 0.25) is 0 Å². The quantitative estimate of drug-likeness (QED) is 0.571. The minimum absolute atomic E-state index is 0.0714. The van der Waals surface area contributed by atoms with Crippen molar-refractivity contribution >= 4 is 0 Å². The van der Waals surface area contributed by atoms with Crippen molar-refractivity contribution in [1.82, 2.24) is 4.90 Å². The van der Waals surface area contributed by atoms with Crippen LogP contribution in [0.1, 0.15) is 64.7 Å². The summed E-state index contributed by atoms with van der Waals surface area (Å²) in [5, 5.41) is 0. The van der Waals surface area contributed by atoms with Crippen molar-refractivity contribution in [3.05, 3.63) is 35.6 Å². The van der Waals surface area contributed by atoms with Gasteiger partial charge in [0.25, 0.3) is 0 Å². The normalized spacial score (nSPS) is 48.3. The molecule has 27 heavy (non-hydrogen) atoms. The maximum atomic E-state index is 6.39. The van der Waals surface area contributed by atoms with E-state index in [9.17, 15) is 0 Å². The van der Waals surface area contributed by atoms with E-state index < -0.39 is 0 Å². The first kappa shape index (κ1) is 16.9. The van der Waals surface area contributed by atoms with Gasteiger partial charge in [-0.1, -0.05) is 25.2 Å². The molecule has 2 heteroatoms. The van der Waals surface area contributed by atoms with Crippen molar-refractivity contribution in [2.75, 3.05) is 19.7 Å². The van der Waals surface area contributed by atoms with Gasteiger partial charge in [-0.25, -0.2) is 0 Å². The van der Waals surface area contributed by atoms with Crippen LogP contribution in [0.5, 0.6) is 0 Å². The van der Waals surface area contributed by atoms with Crippen molar-refractivity contribution in [3.63, 3.8) is 0 Å². The average molecular weight is 366 g/mol. The third-order valence-electron chi connectivity index (χ3n) is 9.63. The molecule has 0 N–H and O–H groups in total. The lowest BCUT2D eigenvalue weighted by Gasteiger charge is -2.55. The van der Waals surface area contributed by atoms with Crippen molar-refractivity contribution in [1.29, 1.82) is 0 Å². The Labute approximate surface area is 164 Å². The highest BCUT2D eigenvalue weighted by Crippen LogP contribution is 2.66. The number of likely N-dealkylation sites (tertiary alicyclic amines) is 1. The van der Waals surface area contributed by atoms with E-state index in [1.54, 1.807) is 11.3 Å². The van der Waals surface area contributed by atoms with E-state index in [0.717, 1.165) is 30.3 Å². The number of fused-ring (bicyclic) bond motifs is 6. The highest BCUT2D eigenvalue weighted by atomic mass is 16.5. The Hall–Kier alpha value is -1.02. The molecule has 6 rings (SSSR count). The number of nitrogens with zero attached hydrogens (tertiary/aromatic N) is 1. The molecule has 2 saturated carbocycles. The number of allylic oxidation sites excluding steroid dienone is 4. The number of ether oxygens (including phenoxy) is 1. The fraction of sp³-hybridized carbons (Fsp3) is 0.760. The molecule has 3 fully saturated rings. The van der Waals surface area contributed by atoms with E-state index in [-0.39, 0.29) is 5.60 Å². The average Bonchev–Trinajstić information content (AvgIpc) is 3.43. The molecule has 0 aromatic heterocycles. The summed E-state index contributed by atoms with van der Waals surface area (Å²) < 4.78 is 6.39. The molecular formula is C25H35NO. The molecule has 146 valence electrons. The summed E-state index contributed by atoms with van der Waals surface area (Å²) in [6.45, 7) is 6.01. The van der Waals surface area contributed by atoms with Gasteiger partial charge in [-0.15, -0.1) is 0 Å². The lowest BCUT2D eigenvalue weighted by Crippen LogP contribution is -2.51. The molecule has 6 aliphatic rings. The lowest BCUT2D eigenvalue weighted by molar-refractivity contribution is -0.107. The first-order valence-electron chi connectivity index (χ1n) is 11.7. The predicted octanol–water partition coefficient (Wildman–Crippen LogP) is 5.47. The third kappa shape index (κ3) is 2.29. The summed E-state index contributed by atoms with van der Waals surface area (Å²) in [6, 6.07) is 0. The SMILES string of the molecule is C[C@]12CCC3C4CCC(N5CCCC5)=CC4=CCC3C1CCC21C=CCO1. The van der Waals surface area contributed by atoms with Crippen LogP contribution in [0.25, 0.3) is 0 Å². The molecule has 2 heterocycles. The second-order valence-electron chi connectivity index (χ2n) is 10.4. The summed E-state index contributed by atoms with van der Waals surface area (Å²) in [5.41, 5.74) is 3.80. The van der Waals surface area contributed by atoms with Crippen LogP contribution in [0.15, 0.2) is 35.6 Å². The van der Waals surface area contributed by atoms with E-state index in [1.165, 1.54) is 70.9 Å². The van der Waals surface area contributed by atoms with Gasteiger partial charge in [-0.3, -0.25) is 0 Å². The first-order valence-corrected chi connectivity index (χ1v) is 11.7. The molecule has 2 aliphatic heterocycles. The van der Waals surface area contributed by atoms with Crippen LogP contribution >= 0.6 is 0 Å². The summed E-state index contributed by atoms with van der Waals surface area (Å²) >= 11 is 0. The van der Waals surface area contributed by atoms with Gasteiger partial charge in [0.05, 0.1) is 12.2 Å². The molecule has 1 spiro atoms. The molecule has 0 aromatic rings. The van der Waals surface area contributed by atoms with E-state index in [1.807, 2.05) is 0 Å². The summed E-state index contributed by atoms with van der Waals surface area (Å²) in [7, 11) is 0. The molecule has 4 aliphatic carbocycles. The molecular weight excluding hydrogens is 330 g/mol. The molecule has 0 bridgehead atoms. The summed E-state index contributed by atoms with van der Waals surface area (Å²) in [5.74, 6) is 3.54. The van der Waals surface area contributed by atoms with E-state index >= 15 is 0 Å². The van der Waals surface area contributed by atoms with Crippen LogP contribution < -0.4 is 0 Å². The van der Waals surface area contributed by atoms with Crippen molar-refractivity contribution < 1.29 is 4.74 Å². The molecule has 2 nitrogen and oxygen atoms in total. The Morgan fingerprint density at radius 3 is 2.78 bits per heavy atom. The van der Waals surface area contributed by atoms with Crippen LogP contribution in [-0.2, 0) is 4.74 Å². The zero-order valence-corrected chi connectivity index (χ0v) is 17.0. The second-order valence-corrected chi connectivity index (χ2v) is 10.4. The minimum atomic E-state index is 0.0714. The Morgan fingerprint density at radius 1 is 1.07 bits per heavy atom. The van der Waals surface area contributed by atoms with Crippen molar-refractivity contribution in [2.45, 2.75) is 70.3 Å². The molecule has 0 amide bonds. The van der Waals surface area contributed by atoms with Crippen molar-refractivity contribution in [2.24, 2.45) is 29.1 Å². The highest BCUT2D eigenvalue weighted by molar-refractivity contribution is 5.34. The number of hydrogen-bond acceptors (Lipinski definition) is 2. The Morgan fingerprint density at radius 2 is 1.96 bits per heavy atom. The Bertz CT molecular complexity index is 714. The summed E-state index contributed by atoms with van der Waals surface area (Å²) in [6.07, 6.45) is 22.3. The maximum absolute atomic E-state index is 6.39. The van der Waals surface area contributed by atoms with Crippen LogP contribution in [-0.4, -0.2) is 30.2 Å². The predicted molar refractivity (Wildman–Crippen MR) is 109 cm³/mol. The maximum Gasteiger partial charge on any atom is 0.0923 e. The smallest absolute Gasteiger partial charge is 0.0923 e. The molecule has 5 unspecified atom stereocenters. The summed E-state index contributed by atoms with van der Waals surface area (Å²) in [4.78, 5) is 2.67. The molecule has 6 atom stereocenters. The topological polar surface area (TPSA) is 12.5 Å². The van der Waals surface area contributed by atoms with E-state index in [2.05, 4.69) is 36.1 Å². The number of rotatable bonds is 1.